The molecule has 0 atom stereocenters. The summed E-state index contributed by atoms with van der Waals surface area (Å²) in [6.07, 6.45) is 8.35. The van der Waals surface area contributed by atoms with Gasteiger partial charge in [-0.1, -0.05) is 38.5 Å². The van der Waals surface area contributed by atoms with Crippen LogP contribution in [0.25, 0.3) is 0 Å². The van der Waals surface area contributed by atoms with Gasteiger partial charge in [-0.25, -0.2) is 4.79 Å². The first-order valence-corrected chi connectivity index (χ1v) is 9.70. The maximum absolute atomic E-state index is 10.4. The number of hydrogen-bond donors (Lipinski definition) is 2. The largest absolute Gasteiger partial charge is 0.398 e. The van der Waals surface area contributed by atoms with E-state index in [4.69, 9.17) is 14.6 Å². The highest BCUT2D eigenvalue weighted by Crippen LogP contribution is 2.17. The standard InChI is InChI=1S/C13H30N2O3Si/c1-17-19(3,18-2)12-10-8-6-4-5-7-9-11-15-13(14)16/h4-12H2,1-3H3,(H3,14,15,16). The van der Waals surface area contributed by atoms with Crippen LogP contribution in [0.15, 0.2) is 0 Å². The average Bonchev–Trinajstić information content (AvgIpc) is 2.40. The minimum atomic E-state index is -1.85. The number of hydrogen-bond acceptors (Lipinski definition) is 3. The van der Waals surface area contributed by atoms with Crippen molar-refractivity contribution in [1.82, 2.24) is 5.32 Å². The quantitative estimate of drug-likeness (QED) is 0.429. The van der Waals surface area contributed by atoms with Crippen LogP contribution in [0.3, 0.4) is 0 Å². The minimum Gasteiger partial charge on any atom is -0.398 e. The molecule has 0 saturated carbocycles. The van der Waals surface area contributed by atoms with Gasteiger partial charge in [-0.05, 0) is 19.0 Å². The molecule has 6 heteroatoms. The lowest BCUT2D eigenvalue weighted by Crippen LogP contribution is -2.35. The number of unbranched alkanes of at least 4 members (excludes halogenated alkanes) is 6. The summed E-state index contributed by atoms with van der Waals surface area (Å²) in [5, 5.41) is 2.60. The van der Waals surface area contributed by atoms with Crippen LogP contribution in [-0.4, -0.2) is 35.4 Å². The van der Waals surface area contributed by atoms with Crippen LogP contribution in [0, 0.1) is 0 Å². The van der Waals surface area contributed by atoms with Crippen molar-refractivity contribution in [3.8, 4) is 0 Å². The van der Waals surface area contributed by atoms with Crippen molar-refractivity contribution in [3.63, 3.8) is 0 Å². The number of carbonyl (C=O) groups excluding carboxylic acids is 1. The van der Waals surface area contributed by atoms with Crippen LogP contribution in [0.2, 0.25) is 12.6 Å². The molecular weight excluding hydrogens is 260 g/mol. The third-order valence-corrected chi connectivity index (χ3v) is 6.46. The Morgan fingerprint density at radius 2 is 1.47 bits per heavy atom. The molecule has 0 heterocycles. The Morgan fingerprint density at radius 3 is 1.95 bits per heavy atom. The summed E-state index contributed by atoms with van der Waals surface area (Å²) in [6, 6.07) is 0.645. The van der Waals surface area contributed by atoms with Gasteiger partial charge in [-0.2, -0.15) is 0 Å². The second kappa shape index (κ2) is 11.3. The first-order valence-electron chi connectivity index (χ1n) is 7.17. The summed E-state index contributed by atoms with van der Waals surface area (Å²) >= 11 is 0. The van der Waals surface area contributed by atoms with Crippen LogP contribution >= 0.6 is 0 Å². The summed E-state index contributed by atoms with van der Waals surface area (Å²) in [4.78, 5) is 10.4. The van der Waals surface area contributed by atoms with E-state index in [1.54, 1.807) is 14.2 Å². The van der Waals surface area contributed by atoms with Crippen molar-refractivity contribution in [3.05, 3.63) is 0 Å². The molecule has 0 aliphatic carbocycles. The van der Waals surface area contributed by atoms with Crippen molar-refractivity contribution >= 4 is 14.6 Å². The van der Waals surface area contributed by atoms with Gasteiger partial charge in [0.05, 0.1) is 0 Å². The molecule has 0 aromatic carbocycles. The highest BCUT2D eigenvalue weighted by Gasteiger charge is 2.27. The fourth-order valence-corrected chi connectivity index (χ4v) is 3.42. The van der Waals surface area contributed by atoms with Gasteiger partial charge < -0.3 is 19.9 Å². The monoisotopic (exact) mass is 290 g/mol. The molecule has 0 spiro atoms. The van der Waals surface area contributed by atoms with E-state index in [9.17, 15) is 4.79 Å². The van der Waals surface area contributed by atoms with E-state index in [-0.39, 0.29) is 0 Å². The zero-order valence-electron chi connectivity index (χ0n) is 12.7. The fraction of sp³-hybridized carbons (Fsp3) is 0.923. The van der Waals surface area contributed by atoms with E-state index in [2.05, 4.69) is 11.9 Å². The molecule has 0 aromatic heterocycles. The van der Waals surface area contributed by atoms with Gasteiger partial charge in [0.25, 0.3) is 0 Å². The smallest absolute Gasteiger partial charge is 0.334 e. The van der Waals surface area contributed by atoms with Gasteiger partial charge in [0.15, 0.2) is 0 Å². The lowest BCUT2D eigenvalue weighted by Gasteiger charge is -2.22. The number of carbonyl (C=O) groups is 1. The van der Waals surface area contributed by atoms with Gasteiger partial charge in [0, 0.05) is 20.8 Å². The maximum atomic E-state index is 10.4. The second-order valence-corrected chi connectivity index (χ2v) is 8.64. The number of amides is 2. The molecule has 0 unspecified atom stereocenters. The molecule has 0 aliphatic rings. The van der Waals surface area contributed by atoms with Crippen LogP contribution in [0.4, 0.5) is 4.79 Å². The van der Waals surface area contributed by atoms with Crippen molar-refractivity contribution in [1.29, 1.82) is 0 Å². The van der Waals surface area contributed by atoms with E-state index in [0.29, 0.717) is 6.54 Å². The Bertz CT molecular complexity index is 236. The van der Waals surface area contributed by atoms with Crippen molar-refractivity contribution < 1.29 is 13.6 Å². The molecule has 0 aromatic rings. The van der Waals surface area contributed by atoms with E-state index < -0.39 is 14.6 Å². The summed E-state index contributed by atoms with van der Waals surface area (Å²) in [7, 11) is 1.65. The molecule has 2 amide bonds. The molecule has 5 nitrogen and oxygen atoms in total. The zero-order valence-corrected chi connectivity index (χ0v) is 13.7. The Balaban J connectivity index is 3.25. The Morgan fingerprint density at radius 1 is 1.00 bits per heavy atom. The third-order valence-electron chi connectivity index (χ3n) is 3.47. The Labute approximate surface area is 118 Å². The number of primary amides is 1. The molecule has 3 N–H and O–H groups in total. The van der Waals surface area contributed by atoms with Crippen LogP contribution < -0.4 is 11.1 Å². The average molecular weight is 290 g/mol. The van der Waals surface area contributed by atoms with Crippen LogP contribution in [0.1, 0.15) is 44.9 Å². The fourth-order valence-electron chi connectivity index (χ4n) is 1.95. The molecule has 0 rings (SSSR count). The summed E-state index contributed by atoms with van der Waals surface area (Å²) in [5.74, 6) is 0. The van der Waals surface area contributed by atoms with Crippen LogP contribution in [0.5, 0.6) is 0 Å². The lowest BCUT2D eigenvalue weighted by molar-refractivity contribution is 0.247. The second-order valence-electron chi connectivity index (χ2n) is 5.06. The van der Waals surface area contributed by atoms with Gasteiger partial charge in [-0.3, -0.25) is 0 Å². The summed E-state index contributed by atoms with van der Waals surface area (Å²) in [5.41, 5.74) is 4.98. The van der Waals surface area contributed by atoms with Crippen molar-refractivity contribution in [2.24, 2.45) is 5.73 Å². The van der Waals surface area contributed by atoms with Gasteiger partial charge >= 0.3 is 14.6 Å². The molecule has 0 aliphatic heterocycles. The normalized spacial score (nSPS) is 11.5. The summed E-state index contributed by atoms with van der Waals surface area (Å²) < 4.78 is 10.9. The molecule has 0 radical (unpaired) electrons. The SMILES string of the molecule is CO[Si](C)(CCCCCCCCCNC(N)=O)OC. The number of nitrogens with one attached hydrogen (secondary N) is 1. The van der Waals surface area contributed by atoms with Gasteiger partial charge in [0.1, 0.15) is 0 Å². The maximum Gasteiger partial charge on any atom is 0.334 e. The number of rotatable bonds is 12. The predicted octanol–water partition coefficient (Wildman–Crippen LogP) is 2.75. The molecule has 114 valence electrons. The van der Waals surface area contributed by atoms with E-state index in [0.717, 1.165) is 18.9 Å². The summed E-state index contributed by atoms with van der Waals surface area (Å²) in [6.45, 7) is 2.81. The number of urea groups is 1. The Hall–Kier alpha value is -0.593. The first kappa shape index (κ1) is 18.4. The van der Waals surface area contributed by atoms with Crippen LogP contribution in [-0.2, 0) is 8.85 Å². The van der Waals surface area contributed by atoms with E-state index in [1.807, 2.05) is 0 Å². The molecule has 0 saturated heterocycles. The molecular formula is C13H30N2O3Si. The first-order chi connectivity index (χ1) is 9.04. The van der Waals surface area contributed by atoms with E-state index in [1.165, 1.54) is 32.1 Å². The molecule has 0 bridgehead atoms. The minimum absolute atomic E-state index is 0.427. The molecule has 0 fully saturated rings. The zero-order chi connectivity index (χ0) is 14.6. The highest BCUT2D eigenvalue weighted by atomic mass is 28.4. The third kappa shape index (κ3) is 11.0. The number of nitrogens with two attached hydrogens (primary N) is 1. The van der Waals surface area contributed by atoms with E-state index >= 15 is 0 Å². The van der Waals surface area contributed by atoms with Gasteiger partial charge in [-0.15, -0.1) is 0 Å². The lowest BCUT2D eigenvalue weighted by atomic mass is 10.1. The highest BCUT2D eigenvalue weighted by molar-refractivity contribution is 6.65. The topological polar surface area (TPSA) is 73.6 Å². The van der Waals surface area contributed by atoms with Crippen molar-refractivity contribution in [2.75, 3.05) is 20.8 Å². The predicted molar refractivity (Wildman–Crippen MR) is 80.3 cm³/mol. The molecule has 19 heavy (non-hydrogen) atoms. The van der Waals surface area contributed by atoms with Crippen molar-refractivity contribution in [2.45, 2.75) is 57.5 Å². The Kier molecular flexibility index (Phi) is 10.9. The van der Waals surface area contributed by atoms with Gasteiger partial charge in [0.2, 0.25) is 0 Å².